The van der Waals surface area contributed by atoms with E-state index in [1.165, 1.54) is 17.0 Å². The average molecular weight is 314 g/mol. The number of halogens is 2. The van der Waals surface area contributed by atoms with E-state index in [0.29, 0.717) is 0 Å². The predicted molar refractivity (Wildman–Crippen MR) is 76.5 cm³/mol. The van der Waals surface area contributed by atoms with E-state index >= 15 is 0 Å². The molecule has 1 aliphatic rings. The van der Waals surface area contributed by atoms with Gasteiger partial charge < -0.3 is 9.64 Å². The number of hydrogen-bond acceptors (Lipinski definition) is 3. The fourth-order valence-corrected chi connectivity index (χ4v) is 2.34. The summed E-state index contributed by atoms with van der Waals surface area (Å²) in [6.07, 6.45) is 1.56. The lowest BCUT2D eigenvalue weighted by molar-refractivity contribution is -0.149. The minimum atomic E-state index is -0.511. The summed E-state index contributed by atoms with van der Waals surface area (Å²) in [6.45, 7) is 1.88. The fraction of sp³-hybridized carbons (Fsp3) is 0.467. The van der Waals surface area contributed by atoms with Crippen molar-refractivity contribution in [3.8, 4) is 0 Å². The molecule has 1 aliphatic carbocycles. The van der Waals surface area contributed by atoms with Gasteiger partial charge in [0.1, 0.15) is 12.4 Å². The van der Waals surface area contributed by atoms with Crippen LogP contribution in [0.25, 0.3) is 0 Å². The van der Waals surface area contributed by atoms with Gasteiger partial charge in [-0.3, -0.25) is 9.59 Å². The normalized spacial score (nSPS) is 13.9. The number of carbonyl (C=O) groups is 2. The van der Waals surface area contributed by atoms with E-state index in [9.17, 15) is 14.0 Å². The Labute approximate surface area is 127 Å². The van der Waals surface area contributed by atoms with Crippen molar-refractivity contribution in [1.82, 2.24) is 4.90 Å². The lowest BCUT2D eigenvalue weighted by Crippen LogP contribution is -2.39. The summed E-state index contributed by atoms with van der Waals surface area (Å²) in [7, 11) is 0. The lowest BCUT2D eigenvalue weighted by Gasteiger charge is -2.21. The highest BCUT2D eigenvalue weighted by atomic mass is 35.5. The van der Waals surface area contributed by atoms with Crippen LogP contribution in [0.1, 0.15) is 25.3 Å². The van der Waals surface area contributed by atoms with E-state index in [4.69, 9.17) is 16.3 Å². The zero-order chi connectivity index (χ0) is 15.4. The Morgan fingerprint density at radius 3 is 2.71 bits per heavy atom. The van der Waals surface area contributed by atoms with E-state index in [1.54, 1.807) is 13.0 Å². The van der Waals surface area contributed by atoms with Gasteiger partial charge in [-0.05, 0) is 31.9 Å². The predicted octanol–water partition coefficient (Wildman–Crippen LogP) is 2.58. The van der Waals surface area contributed by atoms with Crippen LogP contribution in [0.3, 0.4) is 0 Å². The maximum atomic E-state index is 13.7. The molecule has 1 amide bonds. The highest BCUT2D eigenvalue weighted by Crippen LogP contribution is 2.28. The minimum absolute atomic E-state index is 0.0486. The van der Waals surface area contributed by atoms with Crippen LogP contribution in [0, 0.1) is 5.82 Å². The van der Waals surface area contributed by atoms with Gasteiger partial charge in [-0.2, -0.15) is 0 Å². The van der Waals surface area contributed by atoms with Crippen LogP contribution in [0.4, 0.5) is 4.39 Å². The molecule has 0 radical (unpaired) electrons. The molecular formula is C15H17ClFNO3. The van der Waals surface area contributed by atoms with Gasteiger partial charge in [0.05, 0.1) is 13.0 Å². The van der Waals surface area contributed by atoms with Gasteiger partial charge in [-0.1, -0.05) is 17.7 Å². The maximum absolute atomic E-state index is 13.7. The topological polar surface area (TPSA) is 46.6 Å². The molecule has 1 saturated carbocycles. The highest BCUT2D eigenvalue weighted by molar-refractivity contribution is 6.31. The molecular weight excluding hydrogens is 297 g/mol. The van der Waals surface area contributed by atoms with Crippen molar-refractivity contribution in [2.75, 3.05) is 13.2 Å². The second kappa shape index (κ2) is 6.89. The van der Waals surface area contributed by atoms with Crippen LogP contribution >= 0.6 is 11.6 Å². The van der Waals surface area contributed by atoms with Crippen LogP contribution < -0.4 is 0 Å². The van der Waals surface area contributed by atoms with Crippen molar-refractivity contribution < 1.29 is 18.7 Å². The molecule has 21 heavy (non-hydrogen) atoms. The average Bonchev–Trinajstić information content (AvgIpc) is 3.25. The maximum Gasteiger partial charge on any atom is 0.325 e. The second-order valence-electron chi connectivity index (χ2n) is 4.93. The van der Waals surface area contributed by atoms with E-state index < -0.39 is 11.8 Å². The van der Waals surface area contributed by atoms with E-state index in [1.807, 2.05) is 0 Å². The number of carbonyl (C=O) groups excluding carboxylic acids is 2. The molecule has 2 rings (SSSR count). The Morgan fingerprint density at radius 2 is 2.14 bits per heavy atom. The molecule has 0 atom stereocenters. The van der Waals surface area contributed by atoms with Gasteiger partial charge in [0.15, 0.2) is 0 Å². The summed E-state index contributed by atoms with van der Waals surface area (Å²) < 4.78 is 18.6. The van der Waals surface area contributed by atoms with Gasteiger partial charge in [-0.15, -0.1) is 0 Å². The molecule has 0 heterocycles. The molecule has 0 aliphatic heterocycles. The standard InChI is InChI=1S/C15H17ClFNO3/c1-2-21-15(20)9-18(10-6-7-10)14(19)8-11-12(16)4-3-5-13(11)17/h3-5,10H,2,6-9H2,1H3. The quantitative estimate of drug-likeness (QED) is 0.758. The molecule has 4 nitrogen and oxygen atoms in total. The summed E-state index contributed by atoms with van der Waals surface area (Å²) in [5, 5.41) is 0.218. The number of benzene rings is 1. The fourth-order valence-electron chi connectivity index (χ4n) is 2.11. The van der Waals surface area contributed by atoms with Crippen LogP contribution in [-0.2, 0) is 20.7 Å². The molecule has 0 spiro atoms. The monoisotopic (exact) mass is 313 g/mol. The van der Waals surface area contributed by atoms with Crippen LogP contribution in [0.5, 0.6) is 0 Å². The zero-order valence-electron chi connectivity index (χ0n) is 11.8. The summed E-state index contributed by atoms with van der Waals surface area (Å²) >= 11 is 5.93. The number of rotatable bonds is 6. The highest BCUT2D eigenvalue weighted by Gasteiger charge is 2.34. The van der Waals surface area contributed by atoms with E-state index in [0.717, 1.165) is 12.8 Å². The van der Waals surface area contributed by atoms with Gasteiger partial charge in [0, 0.05) is 16.6 Å². The Balaban J connectivity index is 2.07. The SMILES string of the molecule is CCOC(=O)CN(C(=O)Cc1c(F)cccc1Cl)C1CC1. The van der Waals surface area contributed by atoms with E-state index in [-0.39, 0.29) is 42.1 Å². The molecule has 0 saturated heterocycles. The molecule has 114 valence electrons. The van der Waals surface area contributed by atoms with Crippen molar-refractivity contribution in [2.45, 2.75) is 32.2 Å². The van der Waals surface area contributed by atoms with Crippen molar-refractivity contribution in [2.24, 2.45) is 0 Å². The molecule has 1 aromatic rings. The summed E-state index contributed by atoms with van der Waals surface area (Å²) in [5.74, 6) is -1.27. The smallest absolute Gasteiger partial charge is 0.325 e. The van der Waals surface area contributed by atoms with Gasteiger partial charge >= 0.3 is 5.97 Å². The number of hydrogen-bond donors (Lipinski definition) is 0. The van der Waals surface area contributed by atoms with E-state index in [2.05, 4.69) is 0 Å². The molecule has 6 heteroatoms. The third-order valence-electron chi connectivity index (χ3n) is 3.30. The first-order valence-electron chi connectivity index (χ1n) is 6.91. The third-order valence-corrected chi connectivity index (χ3v) is 3.66. The van der Waals surface area contributed by atoms with Gasteiger partial charge in [0.2, 0.25) is 5.91 Å². The Morgan fingerprint density at radius 1 is 1.43 bits per heavy atom. The summed E-state index contributed by atoms with van der Waals surface area (Å²) in [5.41, 5.74) is 0.165. The zero-order valence-corrected chi connectivity index (χ0v) is 12.5. The van der Waals surface area contributed by atoms with Gasteiger partial charge in [-0.25, -0.2) is 4.39 Å². The van der Waals surface area contributed by atoms with Crippen molar-refractivity contribution in [3.63, 3.8) is 0 Å². The first kappa shape index (κ1) is 15.8. The van der Waals surface area contributed by atoms with Crippen molar-refractivity contribution in [3.05, 3.63) is 34.6 Å². The molecule has 0 unspecified atom stereocenters. The molecule has 0 bridgehead atoms. The Hall–Kier alpha value is -1.62. The number of nitrogens with zero attached hydrogens (tertiary/aromatic N) is 1. The number of ether oxygens (including phenoxy) is 1. The second-order valence-corrected chi connectivity index (χ2v) is 5.34. The summed E-state index contributed by atoms with van der Waals surface area (Å²) in [6, 6.07) is 4.34. The summed E-state index contributed by atoms with van der Waals surface area (Å²) in [4.78, 5) is 25.4. The molecule has 0 N–H and O–H groups in total. The van der Waals surface area contributed by atoms with Gasteiger partial charge in [0.25, 0.3) is 0 Å². The molecule has 0 aromatic heterocycles. The lowest BCUT2D eigenvalue weighted by atomic mass is 10.1. The van der Waals surface area contributed by atoms with Crippen molar-refractivity contribution in [1.29, 1.82) is 0 Å². The van der Waals surface area contributed by atoms with Crippen LogP contribution in [0.15, 0.2) is 18.2 Å². The third kappa shape index (κ3) is 4.17. The first-order valence-corrected chi connectivity index (χ1v) is 7.28. The number of amides is 1. The largest absolute Gasteiger partial charge is 0.465 e. The Kier molecular flexibility index (Phi) is 5.17. The molecule has 1 fully saturated rings. The molecule has 1 aromatic carbocycles. The van der Waals surface area contributed by atoms with Crippen molar-refractivity contribution >= 4 is 23.5 Å². The van der Waals surface area contributed by atoms with Crippen LogP contribution in [-0.4, -0.2) is 36.0 Å². The number of esters is 1. The van der Waals surface area contributed by atoms with Crippen LogP contribution in [0.2, 0.25) is 5.02 Å². The first-order chi connectivity index (χ1) is 10.0. The Bertz CT molecular complexity index is 525. The minimum Gasteiger partial charge on any atom is -0.465 e.